The van der Waals surface area contributed by atoms with Gasteiger partial charge in [-0.25, -0.2) is 0 Å². The Morgan fingerprint density at radius 2 is 2.06 bits per heavy atom. The Morgan fingerprint density at radius 1 is 1.29 bits per heavy atom. The molecule has 0 amide bonds. The third kappa shape index (κ3) is 3.66. The molecule has 2 heterocycles. The molecule has 5 heteroatoms. The van der Waals surface area contributed by atoms with E-state index in [0.29, 0.717) is 0 Å². The van der Waals surface area contributed by atoms with E-state index in [0.717, 1.165) is 6.42 Å². The first-order chi connectivity index (χ1) is 8.25. The summed E-state index contributed by atoms with van der Waals surface area (Å²) in [5.74, 6) is -0.822. The molecule has 0 aliphatic carbocycles. The highest BCUT2D eigenvalue weighted by Gasteiger charge is 2.14. The molecule has 90 valence electrons. The highest BCUT2D eigenvalue weighted by atomic mass is 32.1. The number of rotatable bonds is 6. The first kappa shape index (κ1) is 12.3. The standard InChI is InChI=1S/C12H13NO2S2/c14-12(15)8-13-10(11-4-2-6-17-11)7-9-3-1-5-16-9/h1-6,10,13H,7-8H2,(H,14,15). The molecule has 0 fully saturated rings. The zero-order valence-corrected chi connectivity index (χ0v) is 10.8. The van der Waals surface area contributed by atoms with Crippen LogP contribution in [0.25, 0.3) is 0 Å². The van der Waals surface area contributed by atoms with Crippen molar-refractivity contribution >= 4 is 28.6 Å². The van der Waals surface area contributed by atoms with E-state index in [2.05, 4.69) is 11.4 Å². The van der Waals surface area contributed by atoms with Crippen molar-refractivity contribution in [3.63, 3.8) is 0 Å². The summed E-state index contributed by atoms with van der Waals surface area (Å²) >= 11 is 3.35. The van der Waals surface area contributed by atoms with Crippen molar-refractivity contribution in [1.82, 2.24) is 5.32 Å². The summed E-state index contributed by atoms with van der Waals surface area (Å²) < 4.78 is 0. The van der Waals surface area contributed by atoms with E-state index in [-0.39, 0.29) is 12.6 Å². The first-order valence-corrected chi connectivity index (χ1v) is 7.02. The normalized spacial score (nSPS) is 12.5. The third-order valence-corrected chi connectivity index (χ3v) is 4.26. The number of aliphatic carboxylic acids is 1. The van der Waals surface area contributed by atoms with Crippen molar-refractivity contribution in [2.24, 2.45) is 0 Å². The van der Waals surface area contributed by atoms with Gasteiger partial charge < -0.3 is 5.11 Å². The van der Waals surface area contributed by atoms with E-state index in [1.807, 2.05) is 29.0 Å². The summed E-state index contributed by atoms with van der Waals surface area (Å²) in [6.07, 6.45) is 0.839. The zero-order valence-electron chi connectivity index (χ0n) is 9.13. The lowest BCUT2D eigenvalue weighted by atomic mass is 10.1. The Balaban J connectivity index is 2.04. The van der Waals surface area contributed by atoms with E-state index in [1.165, 1.54) is 9.75 Å². The Kier molecular flexibility index (Phi) is 4.30. The number of nitrogens with one attached hydrogen (secondary N) is 1. The lowest BCUT2D eigenvalue weighted by Crippen LogP contribution is -2.28. The largest absolute Gasteiger partial charge is 0.480 e. The van der Waals surface area contributed by atoms with E-state index in [9.17, 15) is 4.79 Å². The third-order valence-electron chi connectivity index (χ3n) is 2.37. The molecule has 0 bridgehead atoms. The molecular weight excluding hydrogens is 254 g/mol. The molecule has 2 aromatic rings. The van der Waals surface area contributed by atoms with E-state index in [1.54, 1.807) is 22.7 Å². The van der Waals surface area contributed by atoms with Gasteiger partial charge in [-0.2, -0.15) is 0 Å². The molecule has 2 aromatic heterocycles. The number of carboxylic acids is 1. The first-order valence-electron chi connectivity index (χ1n) is 5.26. The summed E-state index contributed by atoms with van der Waals surface area (Å²) in [7, 11) is 0. The van der Waals surface area contributed by atoms with Crippen molar-refractivity contribution in [3.8, 4) is 0 Å². The highest BCUT2D eigenvalue weighted by Crippen LogP contribution is 2.24. The van der Waals surface area contributed by atoms with Crippen molar-refractivity contribution < 1.29 is 9.90 Å². The van der Waals surface area contributed by atoms with Gasteiger partial charge in [0.25, 0.3) is 0 Å². The van der Waals surface area contributed by atoms with Gasteiger partial charge in [-0.15, -0.1) is 22.7 Å². The molecular formula is C12H13NO2S2. The molecule has 0 aliphatic heterocycles. The maximum Gasteiger partial charge on any atom is 0.317 e. The number of hydrogen-bond donors (Lipinski definition) is 2. The van der Waals surface area contributed by atoms with Gasteiger partial charge in [0.1, 0.15) is 0 Å². The van der Waals surface area contributed by atoms with Gasteiger partial charge in [-0.3, -0.25) is 10.1 Å². The monoisotopic (exact) mass is 267 g/mol. The quantitative estimate of drug-likeness (QED) is 0.846. The highest BCUT2D eigenvalue weighted by molar-refractivity contribution is 7.10. The fourth-order valence-electron chi connectivity index (χ4n) is 1.60. The van der Waals surface area contributed by atoms with Crippen molar-refractivity contribution in [2.45, 2.75) is 12.5 Å². The maximum atomic E-state index is 10.6. The summed E-state index contributed by atoms with van der Waals surface area (Å²) in [6.45, 7) is -0.00601. The molecule has 0 aromatic carbocycles. The molecule has 1 atom stereocenters. The predicted molar refractivity (Wildman–Crippen MR) is 70.7 cm³/mol. The van der Waals surface area contributed by atoms with Gasteiger partial charge in [-0.1, -0.05) is 12.1 Å². The minimum absolute atomic E-state index is 0.00601. The summed E-state index contributed by atoms with van der Waals surface area (Å²) in [6, 6.07) is 8.21. The van der Waals surface area contributed by atoms with E-state index < -0.39 is 5.97 Å². The van der Waals surface area contributed by atoms with Crippen LogP contribution in [0, 0.1) is 0 Å². The minimum atomic E-state index is -0.822. The number of hydrogen-bond acceptors (Lipinski definition) is 4. The topological polar surface area (TPSA) is 49.3 Å². The van der Waals surface area contributed by atoms with Crippen molar-refractivity contribution in [1.29, 1.82) is 0 Å². The van der Waals surface area contributed by atoms with Crippen LogP contribution in [0.4, 0.5) is 0 Å². The summed E-state index contributed by atoms with van der Waals surface area (Å²) in [5, 5.41) is 15.9. The van der Waals surface area contributed by atoms with Crippen LogP contribution in [0.3, 0.4) is 0 Å². The second kappa shape index (κ2) is 5.95. The van der Waals surface area contributed by atoms with E-state index >= 15 is 0 Å². The smallest absolute Gasteiger partial charge is 0.317 e. The second-order valence-corrected chi connectivity index (χ2v) is 5.64. The average Bonchev–Trinajstić information content (AvgIpc) is 2.96. The fourth-order valence-corrected chi connectivity index (χ4v) is 3.16. The van der Waals surface area contributed by atoms with Crippen LogP contribution >= 0.6 is 22.7 Å². The Labute approximate surface area is 108 Å². The number of carboxylic acid groups (broad SMARTS) is 1. The Hall–Kier alpha value is -1.17. The van der Waals surface area contributed by atoms with Crippen LogP contribution in [0.5, 0.6) is 0 Å². The van der Waals surface area contributed by atoms with Crippen LogP contribution in [-0.2, 0) is 11.2 Å². The molecule has 2 rings (SSSR count). The number of carbonyl (C=O) groups is 1. The molecule has 0 saturated heterocycles. The predicted octanol–water partition coefficient (Wildman–Crippen LogP) is 2.77. The molecule has 2 N–H and O–H groups in total. The molecule has 0 spiro atoms. The van der Waals surface area contributed by atoms with Crippen LogP contribution in [0.2, 0.25) is 0 Å². The van der Waals surface area contributed by atoms with Crippen LogP contribution in [-0.4, -0.2) is 17.6 Å². The average molecular weight is 267 g/mol. The van der Waals surface area contributed by atoms with Crippen LogP contribution in [0.15, 0.2) is 35.0 Å². The van der Waals surface area contributed by atoms with Crippen molar-refractivity contribution in [2.75, 3.05) is 6.54 Å². The Bertz CT molecular complexity index is 451. The minimum Gasteiger partial charge on any atom is -0.480 e. The summed E-state index contributed by atoms with van der Waals surface area (Å²) in [4.78, 5) is 13.1. The summed E-state index contributed by atoms with van der Waals surface area (Å²) in [5.41, 5.74) is 0. The molecule has 0 radical (unpaired) electrons. The van der Waals surface area contributed by atoms with Gasteiger partial charge in [0, 0.05) is 22.2 Å². The van der Waals surface area contributed by atoms with Crippen LogP contribution < -0.4 is 5.32 Å². The zero-order chi connectivity index (χ0) is 12.1. The van der Waals surface area contributed by atoms with Gasteiger partial charge in [-0.05, 0) is 22.9 Å². The molecule has 0 aliphatic rings. The van der Waals surface area contributed by atoms with Gasteiger partial charge in [0.2, 0.25) is 0 Å². The molecule has 0 saturated carbocycles. The number of thiophene rings is 2. The SMILES string of the molecule is O=C(O)CNC(Cc1cccs1)c1cccs1. The Morgan fingerprint density at radius 3 is 2.65 bits per heavy atom. The lowest BCUT2D eigenvalue weighted by Gasteiger charge is -2.15. The maximum absolute atomic E-state index is 10.6. The van der Waals surface area contributed by atoms with Gasteiger partial charge >= 0.3 is 5.97 Å². The van der Waals surface area contributed by atoms with Gasteiger partial charge in [0.15, 0.2) is 0 Å². The molecule has 1 unspecified atom stereocenters. The van der Waals surface area contributed by atoms with E-state index in [4.69, 9.17) is 5.11 Å². The molecule has 3 nitrogen and oxygen atoms in total. The van der Waals surface area contributed by atoms with Crippen molar-refractivity contribution in [3.05, 3.63) is 44.8 Å². The lowest BCUT2D eigenvalue weighted by molar-refractivity contribution is -0.136. The fraction of sp³-hybridized carbons (Fsp3) is 0.250. The second-order valence-electron chi connectivity index (χ2n) is 3.63. The van der Waals surface area contributed by atoms with Gasteiger partial charge in [0.05, 0.1) is 6.54 Å². The van der Waals surface area contributed by atoms with Crippen LogP contribution in [0.1, 0.15) is 15.8 Å². The molecule has 17 heavy (non-hydrogen) atoms.